The number of pyridine rings is 1. The molecule has 1 N–H and O–H groups in total. The third-order valence-corrected chi connectivity index (χ3v) is 3.13. The van der Waals surface area contributed by atoms with Gasteiger partial charge in [0, 0.05) is 15.4 Å². The summed E-state index contributed by atoms with van der Waals surface area (Å²) < 4.78 is 11.1. The molecule has 2 rings (SSSR count). The van der Waals surface area contributed by atoms with E-state index < -0.39 is 0 Å². The van der Waals surface area contributed by atoms with Gasteiger partial charge in [-0.25, -0.2) is 0 Å². The number of benzene rings is 1. The molecule has 1 aromatic carbocycles. The first-order valence-corrected chi connectivity index (χ1v) is 6.45. The van der Waals surface area contributed by atoms with E-state index in [0.29, 0.717) is 6.61 Å². The van der Waals surface area contributed by atoms with Gasteiger partial charge >= 0.3 is 0 Å². The van der Waals surface area contributed by atoms with Crippen molar-refractivity contribution in [3.05, 3.63) is 39.1 Å². The van der Waals surface area contributed by atoms with Crippen molar-refractivity contribution in [3.63, 3.8) is 0 Å². The van der Waals surface area contributed by atoms with Crippen molar-refractivity contribution in [2.24, 2.45) is 0 Å². The summed E-state index contributed by atoms with van der Waals surface area (Å²) in [7, 11) is 0. The molecule has 0 amide bonds. The third kappa shape index (κ3) is 3.02. The van der Waals surface area contributed by atoms with Gasteiger partial charge in [-0.05, 0) is 31.2 Å². The predicted molar refractivity (Wildman–Crippen MR) is 72.1 cm³/mol. The van der Waals surface area contributed by atoms with Crippen molar-refractivity contribution in [1.29, 1.82) is 0 Å². The molecule has 0 radical (unpaired) electrons. The second-order valence-electron chi connectivity index (χ2n) is 3.25. The first-order valence-electron chi connectivity index (χ1n) is 4.99. The van der Waals surface area contributed by atoms with Crippen LogP contribution in [0.2, 0.25) is 0 Å². The molecular formula is C11H10BrNO3S. The molecule has 1 aromatic heterocycles. The van der Waals surface area contributed by atoms with Crippen molar-refractivity contribution < 1.29 is 8.37 Å². The number of H-pyrrole nitrogens is 1. The molecule has 0 unspecified atom stereocenters. The lowest BCUT2D eigenvalue weighted by Gasteiger charge is -2.04. The fourth-order valence-corrected chi connectivity index (χ4v) is 2.05. The van der Waals surface area contributed by atoms with Gasteiger partial charge in [0.25, 0.3) is 5.56 Å². The standard InChI is InChI=1S/C11H10BrNO3S/c1-2-15-17-16-10-6-7-5-8(12)3-4-9(7)13-11(10)14/h3-6H,2H2,1H3,(H,13,14). The molecule has 0 atom stereocenters. The van der Waals surface area contributed by atoms with E-state index in [2.05, 4.69) is 20.9 Å². The fourth-order valence-electron chi connectivity index (χ4n) is 1.33. The lowest BCUT2D eigenvalue weighted by atomic mass is 10.2. The van der Waals surface area contributed by atoms with Crippen molar-refractivity contribution in [1.82, 2.24) is 4.98 Å². The van der Waals surface area contributed by atoms with E-state index in [-0.39, 0.29) is 11.3 Å². The summed E-state index contributed by atoms with van der Waals surface area (Å²) in [5.41, 5.74) is 0.499. The zero-order valence-corrected chi connectivity index (χ0v) is 11.4. The first-order chi connectivity index (χ1) is 8.20. The topological polar surface area (TPSA) is 51.3 Å². The van der Waals surface area contributed by atoms with E-state index in [9.17, 15) is 4.79 Å². The summed E-state index contributed by atoms with van der Waals surface area (Å²) >= 11 is 4.18. The van der Waals surface area contributed by atoms with Crippen LogP contribution >= 0.6 is 28.3 Å². The number of halogens is 1. The van der Waals surface area contributed by atoms with E-state index >= 15 is 0 Å². The monoisotopic (exact) mass is 315 g/mol. The molecule has 0 aliphatic rings. The van der Waals surface area contributed by atoms with Crippen LogP contribution in [0.5, 0.6) is 5.75 Å². The summed E-state index contributed by atoms with van der Waals surface area (Å²) in [6, 6.07) is 7.29. The average Bonchev–Trinajstić information content (AvgIpc) is 2.31. The highest BCUT2D eigenvalue weighted by molar-refractivity contribution is 9.10. The van der Waals surface area contributed by atoms with Crippen LogP contribution in [0, 0.1) is 0 Å². The molecule has 0 fully saturated rings. The minimum atomic E-state index is -0.271. The fraction of sp³-hybridized carbons (Fsp3) is 0.182. The Morgan fingerprint density at radius 2 is 2.24 bits per heavy atom. The van der Waals surface area contributed by atoms with Crippen LogP contribution in [0.15, 0.2) is 33.5 Å². The summed E-state index contributed by atoms with van der Waals surface area (Å²) in [4.78, 5) is 14.4. The molecular weight excluding hydrogens is 306 g/mol. The lowest BCUT2D eigenvalue weighted by molar-refractivity contribution is 0.368. The van der Waals surface area contributed by atoms with Crippen molar-refractivity contribution in [3.8, 4) is 5.75 Å². The molecule has 6 heteroatoms. The Bertz CT molecular complexity index is 584. The van der Waals surface area contributed by atoms with E-state index in [4.69, 9.17) is 8.37 Å². The van der Waals surface area contributed by atoms with Crippen molar-refractivity contribution in [2.45, 2.75) is 6.92 Å². The van der Waals surface area contributed by atoms with E-state index in [1.807, 2.05) is 25.1 Å². The summed E-state index contributed by atoms with van der Waals surface area (Å²) in [5.74, 6) is 0.231. The van der Waals surface area contributed by atoms with Crippen LogP contribution in [-0.4, -0.2) is 11.6 Å². The highest BCUT2D eigenvalue weighted by Crippen LogP contribution is 2.21. The van der Waals surface area contributed by atoms with Crippen LogP contribution in [0.3, 0.4) is 0 Å². The van der Waals surface area contributed by atoms with Crippen LogP contribution in [0.4, 0.5) is 0 Å². The van der Waals surface area contributed by atoms with Crippen molar-refractivity contribution >= 4 is 39.2 Å². The quantitative estimate of drug-likeness (QED) is 0.695. The maximum absolute atomic E-state index is 11.7. The number of aromatic nitrogens is 1. The molecule has 0 saturated carbocycles. The van der Waals surface area contributed by atoms with Gasteiger partial charge in [-0.15, -0.1) is 0 Å². The summed E-state index contributed by atoms with van der Waals surface area (Å²) in [5, 5.41) is 0.895. The van der Waals surface area contributed by atoms with E-state index in [0.717, 1.165) is 27.7 Å². The summed E-state index contributed by atoms with van der Waals surface area (Å²) in [6.07, 6.45) is 0. The maximum Gasteiger partial charge on any atom is 0.292 e. The van der Waals surface area contributed by atoms with Crippen LogP contribution in [0.25, 0.3) is 10.9 Å². The van der Waals surface area contributed by atoms with Crippen molar-refractivity contribution in [2.75, 3.05) is 6.61 Å². The Labute approximate surface area is 111 Å². The van der Waals surface area contributed by atoms with Gasteiger partial charge in [-0.2, -0.15) is 0 Å². The molecule has 0 aliphatic carbocycles. The van der Waals surface area contributed by atoms with Gasteiger partial charge in [-0.3, -0.25) is 8.98 Å². The number of aromatic amines is 1. The number of hydrogen-bond acceptors (Lipinski definition) is 4. The van der Waals surface area contributed by atoms with Crippen LogP contribution < -0.4 is 9.74 Å². The maximum atomic E-state index is 11.7. The number of fused-ring (bicyclic) bond motifs is 1. The number of hydrogen-bond donors (Lipinski definition) is 1. The predicted octanol–water partition coefficient (Wildman–Crippen LogP) is 3.27. The zero-order chi connectivity index (χ0) is 12.3. The molecule has 17 heavy (non-hydrogen) atoms. The minimum Gasteiger partial charge on any atom is -0.394 e. The normalized spacial score (nSPS) is 10.7. The van der Waals surface area contributed by atoms with Gasteiger partial charge in [0.05, 0.1) is 6.61 Å². The SMILES string of the molecule is CCOSOc1cc2cc(Br)ccc2[nH]c1=O. The van der Waals surface area contributed by atoms with Gasteiger partial charge in [0.15, 0.2) is 0 Å². The van der Waals surface area contributed by atoms with Gasteiger partial charge < -0.3 is 9.17 Å². The summed E-state index contributed by atoms with van der Waals surface area (Å²) in [6.45, 7) is 2.36. The average molecular weight is 316 g/mol. The Morgan fingerprint density at radius 3 is 3.00 bits per heavy atom. The second-order valence-corrected chi connectivity index (χ2v) is 4.71. The van der Waals surface area contributed by atoms with E-state index in [1.54, 1.807) is 6.07 Å². The van der Waals surface area contributed by atoms with E-state index in [1.165, 1.54) is 0 Å². The Kier molecular flexibility index (Phi) is 4.09. The number of rotatable bonds is 4. The molecule has 4 nitrogen and oxygen atoms in total. The van der Waals surface area contributed by atoms with Crippen LogP contribution in [0.1, 0.15) is 6.92 Å². The highest BCUT2D eigenvalue weighted by atomic mass is 79.9. The molecule has 90 valence electrons. The third-order valence-electron chi connectivity index (χ3n) is 2.06. The molecule has 1 heterocycles. The zero-order valence-electron chi connectivity index (χ0n) is 9.03. The molecule has 2 aromatic rings. The minimum absolute atomic E-state index is 0.231. The molecule has 0 saturated heterocycles. The second kappa shape index (κ2) is 5.57. The van der Waals surface area contributed by atoms with Crippen LogP contribution in [-0.2, 0) is 4.18 Å². The smallest absolute Gasteiger partial charge is 0.292 e. The van der Waals surface area contributed by atoms with Gasteiger partial charge in [0.1, 0.15) is 0 Å². The van der Waals surface area contributed by atoms with Gasteiger partial charge in [-0.1, -0.05) is 15.9 Å². The molecule has 0 aliphatic heterocycles. The Hall–Kier alpha value is -0.980. The molecule has 0 spiro atoms. The first kappa shape index (κ1) is 12.5. The lowest BCUT2D eigenvalue weighted by Crippen LogP contribution is -2.08. The molecule has 0 bridgehead atoms. The Morgan fingerprint density at radius 1 is 1.41 bits per heavy atom. The Balaban J connectivity index is 2.36. The number of nitrogens with one attached hydrogen (secondary N) is 1. The highest BCUT2D eigenvalue weighted by Gasteiger charge is 2.05. The van der Waals surface area contributed by atoms with Gasteiger partial charge in [0.2, 0.25) is 18.1 Å². The largest absolute Gasteiger partial charge is 0.394 e.